The molecule has 0 fully saturated rings. The summed E-state index contributed by atoms with van der Waals surface area (Å²) in [7, 11) is 0. The van der Waals surface area contributed by atoms with E-state index < -0.39 is 0 Å². The molecule has 2 N–H and O–H groups in total. The number of anilines is 1. The zero-order valence-corrected chi connectivity index (χ0v) is 10.5. The number of hydrogen-bond donors (Lipinski definition) is 1. The van der Waals surface area contributed by atoms with Gasteiger partial charge in [0.15, 0.2) is 0 Å². The molecule has 1 aromatic heterocycles. The van der Waals surface area contributed by atoms with Crippen molar-refractivity contribution in [3.05, 3.63) is 25.6 Å². The maximum absolute atomic E-state index is 5.87. The van der Waals surface area contributed by atoms with Crippen LogP contribution < -0.4 is 5.73 Å². The molecule has 0 spiro atoms. The van der Waals surface area contributed by atoms with E-state index in [1.54, 1.807) is 11.3 Å². The Kier molecular flexibility index (Phi) is 2.31. The van der Waals surface area contributed by atoms with Gasteiger partial charge in [0.2, 0.25) is 0 Å². The van der Waals surface area contributed by atoms with E-state index in [0.717, 1.165) is 15.5 Å². The van der Waals surface area contributed by atoms with Crippen LogP contribution >= 0.6 is 49.9 Å². The van der Waals surface area contributed by atoms with Crippen LogP contribution in [0, 0.1) is 3.57 Å². The number of thiophene rings is 1. The highest BCUT2D eigenvalue weighted by molar-refractivity contribution is 14.1. The minimum Gasteiger partial charge on any atom is -0.398 e. The summed E-state index contributed by atoms with van der Waals surface area (Å²) in [5, 5.41) is 3.21. The Balaban J connectivity index is 2.93. The lowest BCUT2D eigenvalue weighted by molar-refractivity contribution is 1.72. The average Bonchev–Trinajstić information content (AvgIpc) is 2.31. The molecule has 0 aliphatic heterocycles. The molecule has 0 bridgehead atoms. The van der Waals surface area contributed by atoms with Gasteiger partial charge in [0.05, 0.1) is 0 Å². The highest BCUT2D eigenvalue weighted by Crippen LogP contribution is 2.35. The van der Waals surface area contributed by atoms with Crippen LogP contribution in [0.4, 0.5) is 5.69 Å². The van der Waals surface area contributed by atoms with E-state index in [-0.39, 0.29) is 0 Å². The fraction of sp³-hybridized carbons (Fsp3) is 0. The van der Waals surface area contributed by atoms with Crippen LogP contribution in [-0.4, -0.2) is 0 Å². The predicted molar refractivity (Wildman–Crippen MR) is 66.7 cm³/mol. The normalized spacial score (nSPS) is 10.8. The Hall–Kier alpha value is 0.190. The minimum absolute atomic E-state index is 0.852. The lowest BCUT2D eigenvalue weighted by atomic mass is 10.2. The average molecular weight is 354 g/mol. The third-order valence-electron chi connectivity index (χ3n) is 1.63. The molecule has 12 heavy (non-hydrogen) atoms. The first-order valence-electron chi connectivity index (χ1n) is 3.30. The van der Waals surface area contributed by atoms with Crippen molar-refractivity contribution in [3.8, 4) is 0 Å². The van der Waals surface area contributed by atoms with Gasteiger partial charge in [-0.05, 0) is 50.7 Å². The first-order chi connectivity index (χ1) is 5.68. The van der Waals surface area contributed by atoms with Gasteiger partial charge in [0.25, 0.3) is 0 Å². The molecular formula is C8H5BrINS. The number of rotatable bonds is 0. The molecule has 1 nitrogen and oxygen atoms in total. The molecule has 1 heterocycles. The second-order valence-corrected chi connectivity index (χ2v) is 5.46. The van der Waals surface area contributed by atoms with Crippen LogP contribution in [0.15, 0.2) is 22.0 Å². The van der Waals surface area contributed by atoms with E-state index in [1.807, 2.05) is 6.07 Å². The highest BCUT2D eigenvalue weighted by atomic mass is 127. The van der Waals surface area contributed by atoms with Crippen molar-refractivity contribution < 1.29 is 0 Å². The molecule has 0 amide bonds. The summed E-state index contributed by atoms with van der Waals surface area (Å²) in [4.78, 5) is 0. The van der Waals surface area contributed by atoms with Crippen molar-refractivity contribution in [1.29, 1.82) is 0 Å². The van der Waals surface area contributed by atoms with Crippen molar-refractivity contribution in [1.82, 2.24) is 0 Å². The second-order valence-electron chi connectivity index (χ2n) is 2.45. The molecule has 0 unspecified atom stereocenters. The van der Waals surface area contributed by atoms with Crippen molar-refractivity contribution in [2.24, 2.45) is 0 Å². The van der Waals surface area contributed by atoms with Gasteiger partial charge in [-0.2, -0.15) is 0 Å². The van der Waals surface area contributed by atoms with Crippen molar-refractivity contribution in [2.45, 2.75) is 0 Å². The number of halogens is 2. The van der Waals surface area contributed by atoms with Crippen molar-refractivity contribution in [2.75, 3.05) is 5.73 Å². The first kappa shape index (κ1) is 8.77. The lowest BCUT2D eigenvalue weighted by Gasteiger charge is -1.97. The molecule has 0 saturated carbocycles. The Labute approximate surface area is 96.2 Å². The Morgan fingerprint density at radius 2 is 2.17 bits per heavy atom. The summed E-state index contributed by atoms with van der Waals surface area (Å²) < 4.78 is 3.52. The van der Waals surface area contributed by atoms with Crippen LogP contribution in [0.1, 0.15) is 0 Å². The largest absolute Gasteiger partial charge is 0.398 e. The molecule has 0 saturated heterocycles. The maximum Gasteiger partial charge on any atom is 0.0424 e. The molecule has 4 heteroatoms. The highest BCUT2D eigenvalue weighted by Gasteiger charge is 2.05. The summed E-state index contributed by atoms with van der Waals surface area (Å²) in [5.41, 5.74) is 6.73. The van der Waals surface area contributed by atoms with Crippen LogP contribution in [0.25, 0.3) is 10.1 Å². The van der Waals surface area contributed by atoms with E-state index in [1.165, 1.54) is 8.27 Å². The van der Waals surface area contributed by atoms with Gasteiger partial charge in [0, 0.05) is 29.2 Å². The van der Waals surface area contributed by atoms with Crippen molar-refractivity contribution in [3.63, 3.8) is 0 Å². The summed E-state index contributed by atoms with van der Waals surface area (Å²) in [6.07, 6.45) is 0. The maximum atomic E-state index is 5.87. The molecule has 62 valence electrons. The van der Waals surface area contributed by atoms with E-state index in [9.17, 15) is 0 Å². The van der Waals surface area contributed by atoms with Crippen LogP contribution in [-0.2, 0) is 0 Å². The number of nitrogen functional groups attached to an aromatic ring is 1. The van der Waals surface area contributed by atoms with Gasteiger partial charge in [-0.15, -0.1) is 11.3 Å². The fourth-order valence-electron chi connectivity index (χ4n) is 1.12. The summed E-state index contributed by atoms with van der Waals surface area (Å²) in [6.45, 7) is 0. The van der Waals surface area contributed by atoms with Gasteiger partial charge in [-0.3, -0.25) is 0 Å². The lowest BCUT2D eigenvalue weighted by Crippen LogP contribution is -1.85. The minimum atomic E-state index is 0.852. The first-order valence-corrected chi connectivity index (χ1v) is 6.05. The standard InChI is InChI=1S/C8H5BrINS/c9-5-3-12-7-2-4(10)1-6(11)8(5)7/h1-3H,11H2. The molecule has 0 radical (unpaired) electrons. The van der Waals surface area contributed by atoms with E-state index in [0.29, 0.717) is 0 Å². The van der Waals surface area contributed by atoms with Gasteiger partial charge in [-0.25, -0.2) is 0 Å². The monoisotopic (exact) mass is 353 g/mol. The molecule has 1 aromatic carbocycles. The SMILES string of the molecule is Nc1cc(I)cc2scc(Br)c12. The Bertz CT molecular complexity index is 438. The fourth-order valence-corrected chi connectivity index (χ4v) is 3.73. The molecule has 0 atom stereocenters. The van der Waals surface area contributed by atoms with Gasteiger partial charge in [-0.1, -0.05) is 0 Å². The number of nitrogens with two attached hydrogens (primary N) is 1. The number of fused-ring (bicyclic) bond motifs is 1. The van der Waals surface area contributed by atoms with Gasteiger partial charge in [0.1, 0.15) is 0 Å². The summed E-state index contributed by atoms with van der Waals surface area (Å²) in [5.74, 6) is 0. The second kappa shape index (κ2) is 3.16. The Morgan fingerprint density at radius 1 is 1.42 bits per heavy atom. The third kappa shape index (κ3) is 1.36. The van der Waals surface area contributed by atoms with Crippen LogP contribution in [0.5, 0.6) is 0 Å². The number of benzene rings is 1. The van der Waals surface area contributed by atoms with Crippen molar-refractivity contribution >= 4 is 65.6 Å². The molecule has 0 aliphatic carbocycles. The summed E-state index contributed by atoms with van der Waals surface area (Å²) >= 11 is 7.45. The van der Waals surface area contributed by atoms with Crippen LogP contribution in [0.2, 0.25) is 0 Å². The van der Waals surface area contributed by atoms with E-state index in [4.69, 9.17) is 5.73 Å². The van der Waals surface area contributed by atoms with E-state index in [2.05, 4.69) is 50.0 Å². The quantitative estimate of drug-likeness (QED) is 0.565. The van der Waals surface area contributed by atoms with E-state index >= 15 is 0 Å². The third-order valence-corrected chi connectivity index (χ3v) is 4.11. The molecule has 0 aliphatic rings. The van der Waals surface area contributed by atoms with Crippen LogP contribution in [0.3, 0.4) is 0 Å². The zero-order chi connectivity index (χ0) is 8.72. The van der Waals surface area contributed by atoms with Gasteiger partial charge < -0.3 is 5.73 Å². The molecular weight excluding hydrogens is 349 g/mol. The molecule has 2 aromatic rings. The van der Waals surface area contributed by atoms with Gasteiger partial charge >= 0.3 is 0 Å². The smallest absolute Gasteiger partial charge is 0.0424 e. The summed E-state index contributed by atoms with van der Waals surface area (Å²) in [6, 6.07) is 4.13. The topological polar surface area (TPSA) is 26.0 Å². The Morgan fingerprint density at radius 3 is 2.92 bits per heavy atom. The zero-order valence-electron chi connectivity index (χ0n) is 5.97. The molecule has 2 rings (SSSR count). The number of hydrogen-bond acceptors (Lipinski definition) is 2. The predicted octanol–water partition coefficient (Wildman–Crippen LogP) is 3.85.